The number of halogens is 1. The van der Waals surface area contributed by atoms with Crippen LogP contribution >= 0.6 is 15.9 Å². The number of unbranched alkanes of at least 4 members (excludes halogenated alkanes) is 7. The minimum absolute atomic E-state index is 0.236. The fraction of sp³-hybridized carbons (Fsp3) is 1.00. The van der Waals surface area contributed by atoms with Gasteiger partial charge in [-0.3, -0.25) is 0 Å². The van der Waals surface area contributed by atoms with Crippen molar-refractivity contribution in [3.8, 4) is 0 Å². The first-order valence-electron chi connectivity index (χ1n) is 6.85. The van der Waals surface area contributed by atoms with Crippen molar-refractivity contribution in [2.24, 2.45) is 0 Å². The Kier molecular flexibility index (Phi) is 9.73. The molecule has 0 heterocycles. The molecule has 0 aliphatic rings. The van der Waals surface area contributed by atoms with Gasteiger partial charge in [0, 0.05) is 4.83 Å². The SMILES string of the molecule is CCCCCCCCCCC(Br)C(C)(C)O. The lowest BCUT2D eigenvalue weighted by atomic mass is 9.99. The molecule has 16 heavy (non-hydrogen) atoms. The quantitative estimate of drug-likeness (QED) is 0.441. The van der Waals surface area contributed by atoms with E-state index in [0.29, 0.717) is 0 Å². The molecule has 0 radical (unpaired) electrons. The van der Waals surface area contributed by atoms with Crippen LogP contribution in [-0.2, 0) is 0 Å². The number of hydrogen-bond acceptors (Lipinski definition) is 1. The predicted molar refractivity (Wildman–Crippen MR) is 76.2 cm³/mol. The molecule has 98 valence electrons. The van der Waals surface area contributed by atoms with Gasteiger partial charge >= 0.3 is 0 Å². The van der Waals surface area contributed by atoms with Crippen molar-refractivity contribution in [2.45, 2.75) is 89.0 Å². The first-order valence-corrected chi connectivity index (χ1v) is 7.76. The zero-order valence-corrected chi connectivity index (χ0v) is 12.9. The van der Waals surface area contributed by atoms with Gasteiger partial charge in [0.1, 0.15) is 0 Å². The Bertz CT molecular complexity index is 151. The van der Waals surface area contributed by atoms with E-state index in [-0.39, 0.29) is 4.83 Å². The Morgan fingerprint density at radius 2 is 1.38 bits per heavy atom. The monoisotopic (exact) mass is 292 g/mol. The van der Waals surface area contributed by atoms with Crippen LogP contribution < -0.4 is 0 Å². The molecule has 2 heteroatoms. The Balaban J connectivity index is 3.21. The highest BCUT2D eigenvalue weighted by molar-refractivity contribution is 9.09. The van der Waals surface area contributed by atoms with Gasteiger partial charge in [-0.05, 0) is 20.3 Å². The van der Waals surface area contributed by atoms with Gasteiger partial charge < -0.3 is 5.11 Å². The second kappa shape index (κ2) is 9.47. The van der Waals surface area contributed by atoms with E-state index in [9.17, 15) is 5.11 Å². The van der Waals surface area contributed by atoms with Gasteiger partial charge in [0.25, 0.3) is 0 Å². The molecular formula is C14H29BrO. The van der Waals surface area contributed by atoms with Crippen LogP contribution in [0.2, 0.25) is 0 Å². The van der Waals surface area contributed by atoms with Crippen molar-refractivity contribution >= 4 is 15.9 Å². The second-order valence-electron chi connectivity index (χ2n) is 5.38. The van der Waals surface area contributed by atoms with Crippen molar-refractivity contribution in [3.63, 3.8) is 0 Å². The summed E-state index contributed by atoms with van der Waals surface area (Å²) in [6, 6.07) is 0. The topological polar surface area (TPSA) is 20.2 Å². The smallest absolute Gasteiger partial charge is 0.0716 e. The van der Waals surface area contributed by atoms with E-state index in [1.165, 1.54) is 51.4 Å². The normalized spacial score (nSPS) is 14.1. The average molecular weight is 293 g/mol. The van der Waals surface area contributed by atoms with Crippen LogP contribution in [0.15, 0.2) is 0 Å². The number of hydrogen-bond donors (Lipinski definition) is 1. The number of alkyl halides is 1. The number of aliphatic hydroxyl groups is 1. The lowest BCUT2D eigenvalue weighted by Gasteiger charge is -2.23. The van der Waals surface area contributed by atoms with Gasteiger partial charge in [0.05, 0.1) is 5.60 Å². The van der Waals surface area contributed by atoms with Crippen molar-refractivity contribution < 1.29 is 5.11 Å². The summed E-state index contributed by atoms with van der Waals surface area (Å²) in [5, 5.41) is 9.74. The maximum absolute atomic E-state index is 9.74. The molecule has 1 N–H and O–H groups in total. The highest BCUT2D eigenvalue weighted by Crippen LogP contribution is 2.23. The summed E-state index contributed by atoms with van der Waals surface area (Å²) in [5.41, 5.74) is -0.582. The van der Waals surface area contributed by atoms with E-state index in [1.54, 1.807) is 0 Å². The molecule has 0 amide bonds. The second-order valence-corrected chi connectivity index (χ2v) is 6.49. The zero-order chi connectivity index (χ0) is 12.4. The van der Waals surface area contributed by atoms with Crippen molar-refractivity contribution in [1.82, 2.24) is 0 Å². The fourth-order valence-electron chi connectivity index (χ4n) is 1.81. The molecule has 0 aromatic rings. The minimum atomic E-state index is -0.582. The molecule has 0 aromatic heterocycles. The molecule has 1 nitrogen and oxygen atoms in total. The van der Waals surface area contributed by atoms with Gasteiger partial charge in [-0.25, -0.2) is 0 Å². The summed E-state index contributed by atoms with van der Waals surface area (Å²) >= 11 is 3.55. The zero-order valence-electron chi connectivity index (χ0n) is 11.3. The Morgan fingerprint density at radius 3 is 1.81 bits per heavy atom. The van der Waals surface area contributed by atoms with Crippen LogP contribution in [0.25, 0.3) is 0 Å². The van der Waals surface area contributed by atoms with Crippen molar-refractivity contribution in [2.75, 3.05) is 0 Å². The van der Waals surface area contributed by atoms with Gasteiger partial charge in [-0.15, -0.1) is 0 Å². The van der Waals surface area contributed by atoms with Crippen LogP contribution in [0, 0.1) is 0 Å². The Labute approximate surface area is 110 Å². The molecule has 0 aliphatic heterocycles. The largest absolute Gasteiger partial charge is 0.389 e. The number of rotatable bonds is 10. The van der Waals surface area contributed by atoms with Crippen LogP contribution in [0.1, 0.15) is 78.6 Å². The van der Waals surface area contributed by atoms with Gasteiger partial charge in [0.15, 0.2) is 0 Å². The molecule has 0 saturated carbocycles. The summed E-state index contributed by atoms with van der Waals surface area (Å²) in [6.07, 6.45) is 11.9. The van der Waals surface area contributed by atoms with Crippen LogP contribution in [0.3, 0.4) is 0 Å². The van der Waals surface area contributed by atoms with Gasteiger partial charge in [0.2, 0.25) is 0 Å². The third kappa shape index (κ3) is 9.65. The molecule has 0 rings (SSSR count). The fourth-order valence-corrected chi connectivity index (χ4v) is 2.13. The van der Waals surface area contributed by atoms with Crippen LogP contribution in [0.5, 0.6) is 0 Å². The molecule has 0 saturated heterocycles. The standard InChI is InChI=1S/C14H29BrO/c1-4-5-6-7-8-9-10-11-12-13(15)14(2,3)16/h13,16H,4-12H2,1-3H3. The maximum atomic E-state index is 9.74. The van der Waals surface area contributed by atoms with Gasteiger partial charge in [-0.2, -0.15) is 0 Å². The van der Waals surface area contributed by atoms with Crippen molar-refractivity contribution in [1.29, 1.82) is 0 Å². The average Bonchev–Trinajstić information content (AvgIpc) is 2.20. The lowest BCUT2D eigenvalue weighted by molar-refractivity contribution is 0.0766. The minimum Gasteiger partial charge on any atom is -0.389 e. The summed E-state index contributed by atoms with van der Waals surface area (Å²) in [5.74, 6) is 0. The van der Waals surface area contributed by atoms with E-state index >= 15 is 0 Å². The molecule has 0 aliphatic carbocycles. The van der Waals surface area contributed by atoms with E-state index in [1.807, 2.05) is 13.8 Å². The first kappa shape index (κ1) is 16.4. The molecular weight excluding hydrogens is 264 g/mol. The van der Waals surface area contributed by atoms with E-state index < -0.39 is 5.60 Å². The van der Waals surface area contributed by atoms with Crippen molar-refractivity contribution in [3.05, 3.63) is 0 Å². The van der Waals surface area contributed by atoms with Crippen LogP contribution in [-0.4, -0.2) is 15.5 Å². The van der Waals surface area contributed by atoms with Gasteiger partial charge in [-0.1, -0.05) is 74.2 Å². The van der Waals surface area contributed by atoms with Crippen LogP contribution in [0.4, 0.5) is 0 Å². The molecule has 1 unspecified atom stereocenters. The highest BCUT2D eigenvalue weighted by Gasteiger charge is 2.22. The summed E-state index contributed by atoms with van der Waals surface area (Å²) < 4.78 is 0. The Morgan fingerprint density at radius 1 is 0.938 bits per heavy atom. The molecule has 0 spiro atoms. The van der Waals surface area contributed by atoms with E-state index in [2.05, 4.69) is 22.9 Å². The predicted octanol–water partition coefficient (Wildman–Crippen LogP) is 5.05. The summed E-state index contributed by atoms with van der Waals surface area (Å²) in [6.45, 7) is 6.00. The van der Waals surface area contributed by atoms with E-state index in [0.717, 1.165) is 6.42 Å². The molecule has 0 aromatic carbocycles. The first-order chi connectivity index (χ1) is 7.48. The lowest BCUT2D eigenvalue weighted by Crippen LogP contribution is -2.31. The third-order valence-electron chi connectivity index (χ3n) is 3.08. The highest BCUT2D eigenvalue weighted by atomic mass is 79.9. The maximum Gasteiger partial charge on any atom is 0.0716 e. The van der Waals surface area contributed by atoms with E-state index in [4.69, 9.17) is 0 Å². The molecule has 1 atom stereocenters. The molecule has 0 bridgehead atoms. The Hall–Kier alpha value is 0.440. The third-order valence-corrected chi connectivity index (χ3v) is 4.66. The molecule has 0 fully saturated rings. The summed E-state index contributed by atoms with van der Waals surface area (Å²) in [4.78, 5) is 0.236. The summed E-state index contributed by atoms with van der Waals surface area (Å²) in [7, 11) is 0.